The van der Waals surface area contributed by atoms with Gasteiger partial charge in [0.2, 0.25) is 11.8 Å². The van der Waals surface area contributed by atoms with Crippen LogP contribution in [0.25, 0.3) is 33.8 Å². The number of ether oxygens (including phenoxy) is 8. The molecule has 0 spiro atoms. The smallest absolute Gasteiger partial charge is 0.490 e. The van der Waals surface area contributed by atoms with E-state index in [0.717, 1.165) is 111 Å². The van der Waals surface area contributed by atoms with Crippen molar-refractivity contribution in [2.24, 2.45) is 29.6 Å². The van der Waals surface area contributed by atoms with Crippen LogP contribution in [0.1, 0.15) is 214 Å². The van der Waals surface area contributed by atoms with E-state index in [1.807, 2.05) is 96.3 Å². The summed E-state index contributed by atoms with van der Waals surface area (Å²) in [4.78, 5) is 111. The number of nitrogens with zero attached hydrogens (tertiary/aromatic N) is 7. The molecule has 6 aromatic rings. The minimum atomic E-state index is -5.08. The summed E-state index contributed by atoms with van der Waals surface area (Å²) >= 11 is 0. The number of amides is 5. The average molecular weight is 1680 g/mol. The number of likely N-dealkylation sites (tertiary alicyclic amines) is 1. The lowest BCUT2D eigenvalue weighted by Gasteiger charge is -2.28. The number of hydrogen-bond acceptors (Lipinski definition) is 21. The molecule has 660 valence electrons. The third kappa shape index (κ3) is 27.6. The van der Waals surface area contributed by atoms with Crippen LogP contribution in [0.2, 0.25) is 0 Å². The van der Waals surface area contributed by atoms with Gasteiger partial charge in [-0.3, -0.25) is 52.4 Å². The SMILES string of the molecule is COC(=O)CNC(=O)C[C@H](CC(C)C)NC(=O)c1cc(-c2c(OC)cccc2OC)n(C2CCC(C)C2)n1.COC(=O)CNC(=O)C[C@H](CC(C)C)NC(=O)c1cc(-c2c(OC)cccc2OC)n(C2CCC(C)C2C)n1.COc1cccc(OC)c1-c1cc(C(=O)N[C@@H](CCN2CCCCC2)CC(=O)O)nn1C1CCCC1.O=C(O)C(F)(F)F. The number of alkyl halides is 3. The second kappa shape index (κ2) is 46.6. The van der Waals surface area contributed by atoms with Crippen LogP contribution in [-0.2, 0) is 38.2 Å². The maximum Gasteiger partial charge on any atom is 0.490 e. The van der Waals surface area contributed by atoms with Crippen molar-refractivity contribution in [2.45, 2.75) is 206 Å². The van der Waals surface area contributed by atoms with E-state index in [1.165, 1.54) is 33.5 Å². The number of carbonyl (C=O) groups excluding carboxylic acids is 7. The van der Waals surface area contributed by atoms with E-state index in [-0.39, 0.29) is 109 Å². The highest BCUT2D eigenvalue weighted by molar-refractivity contribution is 5.97. The number of benzene rings is 3. The molecule has 0 radical (unpaired) electrons. The predicted molar refractivity (Wildman–Crippen MR) is 441 cm³/mol. The Kier molecular flexibility index (Phi) is 37.4. The predicted octanol–water partition coefficient (Wildman–Crippen LogP) is 12.5. The zero-order chi connectivity index (χ0) is 88.1. The van der Waals surface area contributed by atoms with Crippen molar-refractivity contribution < 1.29 is 104 Å². The van der Waals surface area contributed by atoms with E-state index in [1.54, 1.807) is 60.9 Å². The Morgan fingerprint density at radius 3 is 1.19 bits per heavy atom. The first-order chi connectivity index (χ1) is 57.2. The largest absolute Gasteiger partial charge is 0.496 e. The van der Waals surface area contributed by atoms with Gasteiger partial charge in [-0.15, -0.1) is 0 Å². The summed E-state index contributed by atoms with van der Waals surface area (Å²) in [6, 6.07) is 21.2. The first-order valence-electron chi connectivity index (χ1n) is 41.0. The van der Waals surface area contributed by atoms with Gasteiger partial charge >= 0.3 is 30.1 Å². The number of halogens is 3. The van der Waals surface area contributed by atoms with Crippen LogP contribution in [-0.4, -0.2) is 212 Å². The number of carbonyl (C=O) groups is 9. The number of nitrogens with one attached hydrogen (secondary N) is 5. The van der Waals surface area contributed by atoms with Gasteiger partial charge in [-0.05, 0) is 174 Å². The molecule has 0 bridgehead atoms. The summed E-state index contributed by atoms with van der Waals surface area (Å²) in [6.45, 7) is 17.2. The van der Waals surface area contributed by atoms with E-state index in [2.05, 4.69) is 61.7 Å². The first-order valence-corrected chi connectivity index (χ1v) is 41.0. The van der Waals surface area contributed by atoms with Crippen LogP contribution in [0.4, 0.5) is 13.2 Å². The summed E-state index contributed by atoms with van der Waals surface area (Å²) in [7, 11) is 12.2. The molecule has 4 fully saturated rings. The summed E-state index contributed by atoms with van der Waals surface area (Å²) in [5, 5.41) is 44.9. The number of esters is 2. The maximum absolute atomic E-state index is 13.5. The Morgan fingerprint density at radius 1 is 0.483 bits per heavy atom. The molecule has 4 heterocycles. The normalized spacial score (nSPS) is 17.9. The topological polar surface area (TPSA) is 385 Å². The highest BCUT2D eigenvalue weighted by Gasteiger charge is 2.39. The molecule has 31 nitrogen and oxygen atoms in total. The van der Waals surface area contributed by atoms with Crippen molar-refractivity contribution >= 4 is 53.4 Å². The van der Waals surface area contributed by atoms with Crippen LogP contribution in [0.3, 0.4) is 0 Å². The molecule has 8 atom stereocenters. The Hall–Kier alpha value is -10.9. The Balaban J connectivity index is 0.000000238. The highest BCUT2D eigenvalue weighted by Crippen LogP contribution is 2.47. The Bertz CT molecular complexity index is 4330. The van der Waals surface area contributed by atoms with Crippen molar-refractivity contribution in [1.29, 1.82) is 0 Å². The van der Waals surface area contributed by atoms with Crippen LogP contribution >= 0.6 is 0 Å². The van der Waals surface area contributed by atoms with Gasteiger partial charge in [0, 0.05) is 37.5 Å². The van der Waals surface area contributed by atoms with Gasteiger partial charge in [0.05, 0.1) is 115 Å². The monoisotopic (exact) mass is 1680 g/mol. The van der Waals surface area contributed by atoms with E-state index < -0.39 is 48.2 Å². The van der Waals surface area contributed by atoms with Crippen LogP contribution in [0.15, 0.2) is 72.8 Å². The van der Waals surface area contributed by atoms with Crippen molar-refractivity contribution in [3.63, 3.8) is 0 Å². The molecule has 3 saturated carbocycles. The number of rotatable bonds is 35. The van der Waals surface area contributed by atoms with Gasteiger partial charge in [-0.25, -0.2) is 4.79 Å². The van der Waals surface area contributed by atoms with Crippen molar-refractivity contribution in [1.82, 2.24) is 60.8 Å². The van der Waals surface area contributed by atoms with Gasteiger partial charge in [0.1, 0.15) is 47.6 Å². The van der Waals surface area contributed by atoms with Gasteiger partial charge < -0.3 is 79.6 Å². The molecule has 1 saturated heterocycles. The summed E-state index contributed by atoms with van der Waals surface area (Å²) in [5.41, 5.74) is 5.29. The molecule has 5 amide bonds. The van der Waals surface area contributed by atoms with E-state index in [4.69, 9.17) is 53.6 Å². The number of methoxy groups -OCH3 is 8. The van der Waals surface area contributed by atoms with Gasteiger partial charge in [0.15, 0.2) is 17.1 Å². The van der Waals surface area contributed by atoms with E-state index in [9.17, 15) is 56.6 Å². The minimum absolute atomic E-state index is 0.0337. The molecular weight excluding hydrogens is 1560 g/mol. The summed E-state index contributed by atoms with van der Waals surface area (Å²) in [5.74, 6) is -0.790. The van der Waals surface area contributed by atoms with Crippen molar-refractivity contribution in [2.75, 3.05) is 89.6 Å². The Labute approximate surface area is 699 Å². The molecule has 34 heteroatoms. The molecular formula is C86H121F3N12O19. The first kappa shape index (κ1) is 96.2. The van der Waals surface area contributed by atoms with Crippen LogP contribution < -0.4 is 55.0 Å². The average Bonchev–Trinajstić information content (AvgIpc) is 1.64. The molecule has 3 aromatic carbocycles. The lowest BCUT2D eigenvalue weighted by Crippen LogP contribution is -2.41. The zero-order valence-electron chi connectivity index (χ0n) is 71.6. The van der Waals surface area contributed by atoms with Gasteiger partial charge in [0.25, 0.3) is 17.7 Å². The molecule has 10 rings (SSSR count). The number of carboxylic acid groups (broad SMARTS) is 2. The highest BCUT2D eigenvalue weighted by atomic mass is 19.4. The number of piperidine rings is 1. The molecule has 7 N–H and O–H groups in total. The third-order valence-corrected chi connectivity index (χ3v) is 22.0. The molecule has 5 unspecified atom stereocenters. The number of hydrogen-bond donors (Lipinski definition) is 7. The minimum Gasteiger partial charge on any atom is -0.496 e. The molecule has 3 aliphatic carbocycles. The fraction of sp³-hybridized carbons (Fsp3) is 0.581. The number of carboxylic acids is 2. The third-order valence-electron chi connectivity index (χ3n) is 22.0. The second-order valence-electron chi connectivity index (χ2n) is 31.7. The number of aliphatic carboxylic acids is 2. The van der Waals surface area contributed by atoms with Crippen LogP contribution in [0, 0.1) is 29.6 Å². The number of aromatic nitrogens is 6. The maximum atomic E-state index is 13.5. The fourth-order valence-electron chi connectivity index (χ4n) is 15.8. The lowest BCUT2D eigenvalue weighted by atomic mass is 9.97. The van der Waals surface area contributed by atoms with Crippen LogP contribution in [0.5, 0.6) is 34.5 Å². The van der Waals surface area contributed by atoms with E-state index >= 15 is 0 Å². The fourth-order valence-corrected chi connectivity index (χ4v) is 15.8. The molecule has 4 aliphatic rings. The summed E-state index contributed by atoms with van der Waals surface area (Å²) < 4.78 is 80.6. The molecule has 3 aromatic heterocycles. The quantitative estimate of drug-likeness (QED) is 0.0182. The lowest BCUT2D eigenvalue weighted by molar-refractivity contribution is -0.192. The van der Waals surface area contributed by atoms with Gasteiger partial charge in [-0.2, -0.15) is 28.5 Å². The Morgan fingerprint density at radius 2 is 0.858 bits per heavy atom. The second-order valence-corrected chi connectivity index (χ2v) is 31.7. The van der Waals surface area contributed by atoms with Crippen molar-refractivity contribution in [3.05, 3.63) is 89.9 Å². The van der Waals surface area contributed by atoms with E-state index in [0.29, 0.717) is 71.5 Å². The zero-order valence-corrected chi connectivity index (χ0v) is 71.6. The molecule has 1 aliphatic heterocycles. The molecule has 120 heavy (non-hydrogen) atoms. The summed E-state index contributed by atoms with van der Waals surface area (Å²) in [6.07, 6.45) is 9.48. The van der Waals surface area contributed by atoms with Crippen molar-refractivity contribution in [3.8, 4) is 68.3 Å². The standard InChI is InChI=1S/C29H42N4O6.C28H40N4O6.C27H38N4O5.C2HF3O2/c1-17(2)13-20(14-26(34)30-16-27(35)39-7)31-29(36)21-15-23(28-24(37-5)9-8-10-25(28)38-6)33(32-21)22-12-11-18(3)19(22)4;1-17(2)12-19(14-25(33)29-16-26(34)38-6)30-28(35)21-15-22(32(31-21)20-11-10-18(3)13-20)27-23(36-4)8-7-9-24(27)37-5;1-35-23-11-8-12-24(36-2)26(23)22-18-21(29-31(22)20-9-4-5-10-20)27(34)28-19(17-25(32)33)13-16-30-14-6-3-7-15-30;3-2(4,5)1(6)7/h8-10,15,17-20,22H,11-14,16H2,1-7H3,(H,30,34)(H,31,36);7-9,15,17-20H,10-14,16H2,1-6H3,(H,29,33)(H,30,35);8,11-12,18-20H,3-7,9-10,13-17H2,1-2H3,(H,28,34)(H,32,33);(H,6,7)/t18?,19?,20-,22?;18?,19-,20?;19-;/m000./s1. The van der Waals surface area contributed by atoms with Gasteiger partial charge in [-0.1, -0.05) is 85.9 Å².